The van der Waals surface area contributed by atoms with Crippen molar-refractivity contribution in [3.63, 3.8) is 0 Å². The number of aromatic nitrogens is 2. The molecule has 0 spiro atoms. The SMILES string of the molecule is C=CCC[C@H](O)CN(Cc1c(C)nn(-c2ccccc2)c1Oc1ccc(OC)cc1)C[C@H]1CCCO1. The van der Waals surface area contributed by atoms with E-state index in [4.69, 9.17) is 19.3 Å². The minimum absolute atomic E-state index is 0.173. The number of allylic oxidation sites excluding steroid dienone is 1. The lowest BCUT2D eigenvalue weighted by Crippen LogP contribution is -2.37. The summed E-state index contributed by atoms with van der Waals surface area (Å²) in [6.45, 7) is 8.49. The quantitative estimate of drug-likeness (QED) is 0.328. The molecule has 1 N–H and O–H groups in total. The monoisotopic (exact) mass is 491 g/mol. The van der Waals surface area contributed by atoms with Crippen LogP contribution in [0.4, 0.5) is 0 Å². The maximum Gasteiger partial charge on any atom is 0.227 e. The topological polar surface area (TPSA) is 69.0 Å². The Hall–Kier alpha value is -3.13. The molecule has 1 aliphatic rings. The van der Waals surface area contributed by atoms with Crippen molar-refractivity contribution >= 4 is 0 Å². The molecule has 0 bridgehead atoms. The van der Waals surface area contributed by atoms with Crippen molar-refractivity contribution in [2.24, 2.45) is 0 Å². The summed E-state index contributed by atoms with van der Waals surface area (Å²) >= 11 is 0. The van der Waals surface area contributed by atoms with Crippen molar-refractivity contribution in [1.29, 1.82) is 0 Å². The molecule has 0 aliphatic carbocycles. The molecule has 0 saturated carbocycles. The number of nitrogens with zero attached hydrogens (tertiary/aromatic N) is 3. The molecule has 1 aliphatic heterocycles. The van der Waals surface area contributed by atoms with Crippen LogP contribution in [-0.4, -0.2) is 58.8 Å². The summed E-state index contributed by atoms with van der Waals surface area (Å²) in [5, 5.41) is 15.6. The lowest BCUT2D eigenvalue weighted by atomic mass is 10.1. The molecule has 1 fully saturated rings. The molecule has 36 heavy (non-hydrogen) atoms. The third kappa shape index (κ3) is 6.75. The second-order valence-corrected chi connectivity index (χ2v) is 9.24. The van der Waals surface area contributed by atoms with Gasteiger partial charge in [0.2, 0.25) is 5.88 Å². The van der Waals surface area contributed by atoms with E-state index in [2.05, 4.69) is 11.5 Å². The van der Waals surface area contributed by atoms with Gasteiger partial charge in [0.05, 0.1) is 36.3 Å². The maximum atomic E-state index is 10.7. The molecule has 192 valence electrons. The number of hydrogen-bond acceptors (Lipinski definition) is 6. The van der Waals surface area contributed by atoms with E-state index < -0.39 is 6.10 Å². The van der Waals surface area contributed by atoms with Crippen LogP contribution in [0.15, 0.2) is 67.3 Å². The van der Waals surface area contributed by atoms with Crippen molar-refractivity contribution in [2.45, 2.75) is 51.4 Å². The zero-order valence-electron chi connectivity index (χ0n) is 21.3. The van der Waals surface area contributed by atoms with E-state index >= 15 is 0 Å². The first-order chi connectivity index (χ1) is 17.6. The van der Waals surface area contributed by atoms with Gasteiger partial charge in [-0.05, 0) is 69.0 Å². The van der Waals surface area contributed by atoms with Gasteiger partial charge >= 0.3 is 0 Å². The fourth-order valence-corrected chi connectivity index (χ4v) is 4.53. The van der Waals surface area contributed by atoms with Gasteiger partial charge < -0.3 is 19.3 Å². The Kier molecular flexibility index (Phi) is 9.17. The molecule has 0 amide bonds. The largest absolute Gasteiger partial charge is 0.497 e. The van der Waals surface area contributed by atoms with E-state index in [9.17, 15) is 5.11 Å². The zero-order chi connectivity index (χ0) is 25.3. The van der Waals surface area contributed by atoms with Crippen LogP contribution in [0, 0.1) is 6.92 Å². The molecule has 7 nitrogen and oxygen atoms in total. The molecule has 1 aromatic heterocycles. The van der Waals surface area contributed by atoms with Crippen LogP contribution in [0.2, 0.25) is 0 Å². The summed E-state index contributed by atoms with van der Waals surface area (Å²) < 4.78 is 19.6. The number of rotatable bonds is 13. The molecule has 4 rings (SSSR count). The number of aliphatic hydroxyl groups is 1. The number of methoxy groups -OCH3 is 1. The van der Waals surface area contributed by atoms with Gasteiger partial charge in [0.1, 0.15) is 11.5 Å². The summed E-state index contributed by atoms with van der Waals surface area (Å²) in [6.07, 6.45) is 5.16. The van der Waals surface area contributed by atoms with Gasteiger partial charge in [0, 0.05) is 26.2 Å². The smallest absolute Gasteiger partial charge is 0.227 e. The fourth-order valence-electron chi connectivity index (χ4n) is 4.53. The van der Waals surface area contributed by atoms with Gasteiger partial charge in [-0.3, -0.25) is 4.90 Å². The van der Waals surface area contributed by atoms with Crippen LogP contribution in [-0.2, 0) is 11.3 Å². The number of hydrogen-bond donors (Lipinski definition) is 1. The second-order valence-electron chi connectivity index (χ2n) is 9.24. The Morgan fingerprint density at radius 3 is 2.61 bits per heavy atom. The van der Waals surface area contributed by atoms with E-state index in [-0.39, 0.29) is 6.10 Å². The molecule has 3 aromatic rings. The predicted octanol–water partition coefficient (Wildman–Crippen LogP) is 5.29. The van der Waals surface area contributed by atoms with Crippen LogP contribution >= 0.6 is 0 Å². The minimum atomic E-state index is -0.445. The lowest BCUT2D eigenvalue weighted by Gasteiger charge is -2.27. The van der Waals surface area contributed by atoms with Gasteiger partial charge in [-0.25, -0.2) is 4.68 Å². The number of aliphatic hydroxyl groups excluding tert-OH is 1. The van der Waals surface area contributed by atoms with Gasteiger partial charge in [-0.15, -0.1) is 6.58 Å². The Morgan fingerprint density at radius 1 is 1.19 bits per heavy atom. The van der Waals surface area contributed by atoms with Crippen LogP contribution in [0.5, 0.6) is 17.4 Å². The molecule has 2 heterocycles. The van der Waals surface area contributed by atoms with E-state index in [0.717, 1.165) is 55.1 Å². The van der Waals surface area contributed by atoms with Crippen molar-refractivity contribution in [3.05, 3.63) is 78.5 Å². The van der Waals surface area contributed by atoms with Crippen molar-refractivity contribution in [1.82, 2.24) is 14.7 Å². The van der Waals surface area contributed by atoms with E-state index in [1.54, 1.807) is 7.11 Å². The van der Waals surface area contributed by atoms with Crippen LogP contribution in [0.25, 0.3) is 5.69 Å². The average molecular weight is 492 g/mol. The highest BCUT2D eigenvalue weighted by Crippen LogP contribution is 2.32. The number of benzene rings is 2. The third-order valence-electron chi connectivity index (χ3n) is 6.45. The zero-order valence-corrected chi connectivity index (χ0v) is 21.3. The van der Waals surface area contributed by atoms with E-state index in [1.807, 2.05) is 72.3 Å². The predicted molar refractivity (Wildman–Crippen MR) is 141 cm³/mol. The molecule has 7 heteroatoms. The number of ether oxygens (including phenoxy) is 3. The highest BCUT2D eigenvalue weighted by molar-refractivity contribution is 5.44. The minimum Gasteiger partial charge on any atom is -0.497 e. The fraction of sp³-hybridized carbons (Fsp3) is 0.414. The van der Waals surface area contributed by atoms with Crippen LogP contribution in [0.1, 0.15) is 36.9 Å². The average Bonchev–Trinajstić information content (AvgIpc) is 3.52. The summed E-state index contributed by atoms with van der Waals surface area (Å²) in [4.78, 5) is 2.27. The normalized spacial score (nSPS) is 16.3. The molecule has 0 unspecified atom stereocenters. The molecule has 1 saturated heterocycles. The van der Waals surface area contributed by atoms with Gasteiger partial charge in [-0.1, -0.05) is 24.3 Å². The summed E-state index contributed by atoms with van der Waals surface area (Å²) in [5.74, 6) is 2.14. The summed E-state index contributed by atoms with van der Waals surface area (Å²) in [7, 11) is 1.65. The van der Waals surface area contributed by atoms with Gasteiger partial charge in [-0.2, -0.15) is 5.10 Å². The van der Waals surface area contributed by atoms with Crippen molar-refractivity contribution in [3.8, 4) is 23.1 Å². The highest BCUT2D eigenvalue weighted by atomic mass is 16.5. The highest BCUT2D eigenvalue weighted by Gasteiger charge is 2.25. The molecular weight excluding hydrogens is 454 g/mol. The summed E-state index contributed by atoms with van der Waals surface area (Å²) in [5.41, 5.74) is 2.80. The molecule has 2 atom stereocenters. The van der Waals surface area contributed by atoms with Crippen molar-refractivity contribution < 1.29 is 19.3 Å². The molecule has 2 aromatic carbocycles. The van der Waals surface area contributed by atoms with Crippen LogP contribution in [0.3, 0.4) is 0 Å². The Balaban J connectivity index is 1.65. The molecule has 0 radical (unpaired) electrons. The maximum absolute atomic E-state index is 10.7. The van der Waals surface area contributed by atoms with Crippen molar-refractivity contribution in [2.75, 3.05) is 26.8 Å². The number of para-hydroxylation sites is 1. The lowest BCUT2D eigenvalue weighted by molar-refractivity contribution is 0.0442. The number of aryl methyl sites for hydroxylation is 1. The summed E-state index contributed by atoms with van der Waals surface area (Å²) in [6, 6.07) is 17.5. The van der Waals surface area contributed by atoms with E-state index in [1.165, 1.54) is 0 Å². The van der Waals surface area contributed by atoms with Gasteiger partial charge in [0.15, 0.2) is 0 Å². The first kappa shape index (κ1) is 25.9. The standard InChI is InChI=1S/C29H37N3O4/c1-4-5-12-24(33)19-31(20-27-13-9-18-35-27)21-28-22(2)30-32(23-10-7-6-8-11-23)29(28)36-26-16-14-25(34-3)15-17-26/h4,6-8,10-11,14-17,24,27,33H,1,5,9,12-13,18-21H2,2-3H3/t24-,27+/m0/s1. The van der Waals surface area contributed by atoms with E-state index in [0.29, 0.717) is 31.1 Å². The van der Waals surface area contributed by atoms with Crippen LogP contribution < -0.4 is 9.47 Å². The van der Waals surface area contributed by atoms with Gasteiger partial charge in [0.25, 0.3) is 0 Å². The Labute approximate surface area is 213 Å². The Bertz CT molecular complexity index is 1090. The Morgan fingerprint density at radius 2 is 1.94 bits per heavy atom. The second kappa shape index (κ2) is 12.7. The third-order valence-corrected chi connectivity index (χ3v) is 6.45. The molecular formula is C29H37N3O4. The first-order valence-electron chi connectivity index (χ1n) is 12.7. The first-order valence-corrected chi connectivity index (χ1v) is 12.7.